The Morgan fingerprint density at radius 3 is 1.58 bits per heavy atom. The molecule has 3 rings (SSSR count). The average Bonchev–Trinajstić information content (AvgIpc) is 2.79. The second kappa shape index (κ2) is 11.9. The zero-order valence-electron chi connectivity index (χ0n) is 18.0. The molecule has 0 aliphatic heterocycles. The maximum Gasteiger partial charge on any atom is 0.338 e. The molecule has 4 nitrogen and oxygen atoms in total. The predicted octanol–water partition coefficient (Wildman–Crippen LogP) is 7.22. The number of carbonyl (C=O) groups excluding carboxylic acids is 2. The molecule has 0 fully saturated rings. The summed E-state index contributed by atoms with van der Waals surface area (Å²) in [6.45, 7) is 3.58. The fourth-order valence-corrected chi connectivity index (χ4v) is 5.53. The lowest BCUT2D eigenvalue weighted by atomic mass is 10.2. The summed E-state index contributed by atoms with van der Waals surface area (Å²) in [6, 6.07) is 24.0. The Balaban J connectivity index is 1.72. The summed E-state index contributed by atoms with van der Waals surface area (Å²) in [7, 11) is -0.325. The Kier molecular flexibility index (Phi) is 9.43. The van der Waals surface area contributed by atoms with Crippen molar-refractivity contribution in [2.75, 3.05) is 13.2 Å². The van der Waals surface area contributed by atoms with Gasteiger partial charge in [-0.1, -0.05) is 54.5 Å². The monoisotopic (exact) mass is 703 g/mol. The van der Waals surface area contributed by atoms with Gasteiger partial charge in [0, 0.05) is 8.95 Å². The van der Waals surface area contributed by atoms with Crippen molar-refractivity contribution in [1.82, 2.24) is 0 Å². The number of rotatable bonds is 8. The highest BCUT2D eigenvalue weighted by Crippen LogP contribution is 2.32. The van der Waals surface area contributed by atoms with E-state index in [0.29, 0.717) is 5.56 Å². The summed E-state index contributed by atoms with van der Waals surface area (Å²) in [4.78, 5) is 27.6. The van der Waals surface area contributed by atoms with Crippen LogP contribution in [0.3, 0.4) is 0 Å². The van der Waals surface area contributed by atoms with E-state index in [0.717, 1.165) is 13.8 Å². The molecular formula is C25H22Br2IO4S+. The molecule has 0 unspecified atom stereocenters. The van der Waals surface area contributed by atoms with Crippen LogP contribution in [0.1, 0.15) is 24.2 Å². The van der Waals surface area contributed by atoms with Crippen molar-refractivity contribution in [3.63, 3.8) is 0 Å². The van der Waals surface area contributed by atoms with Crippen molar-refractivity contribution < 1.29 is 19.1 Å². The standard InChI is InChI=1S/C25H22Br2IO4S/c1-25(2,28)24(30)32-16-15-31-23(29)17-3-9-20(10-4-17)33(21-11-5-18(26)6-12-21)22-13-7-19(27)8-14-22/h3-14H,15-16H2,1-2H3/q+1. The van der Waals surface area contributed by atoms with Crippen molar-refractivity contribution in [1.29, 1.82) is 0 Å². The van der Waals surface area contributed by atoms with Gasteiger partial charge in [0.2, 0.25) is 0 Å². The van der Waals surface area contributed by atoms with E-state index in [-0.39, 0.29) is 30.1 Å². The third-order valence-corrected chi connectivity index (χ3v) is 8.19. The molecule has 0 bridgehead atoms. The molecule has 8 heteroatoms. The van der Waals surface area contributed by atoms with Crippen LogP contribution in [0.2, 0.25) is 0 Å². The van der Waals surface area contributed by atoms with E-state index in [4.69, 9.17) is 9.47 Å². The number of esters is 2. The van der Waals surface area contributed by atoms with Crippen LogP contribution in [0.4, 0.5) is 0 Å². The molecule has 0 aliphatic rings. The van der Waals surface area contributed by atoms with Gasteiger partial charge in [0.25, 0.3) is 0 Å². The second-order valence-corrected chi connectivity index (χ2v) is 14.0. The van der Waals surface area contributed by atoms with E-state index in [1.807, 2.05) is 59.0 Å². The summed E-state index contributed by atoms with van der Waals surface area (Å²) in [6.07, 6.45) is 0. The average molecular weight is 705 g/mol. The molecule has 0 radical (unpaired) electrons. The molecule has 0 aliphatic carbocycles. The molecule has 3 aromatic rings. The van der Waals surface area contributed by atoms with Crippen molar-refractivity contribution >= 4 is 77.3 Å². The number of alkyl halides is 1. The molecule has 0 saturated carbocycles. The van der Waals surface area contributed by atoms with Crippen LogP contribution < -0.4 is 0 Å². The first-order chi connectivity index (χ1) is 15.6. The maximum atomic E-state index is 12.4. The van der Waals surface area contributed by atoms with E-state index in [2.05, 4.69) is 56.1 Å². The largest absolute Gasteiger partial charge is 0.461 e. The molecule has 0 amide bonds. The molecule has 0 spiro atoms. The Morgan fingerprint density at radius 2 is 1.15 bits per heavy atom. The van der Waals surface area contributed by atoms with Gasteiger partial charge < -0.3 is 9.47 Å². The van der Waals surface area contributed by atoms with Crippen molar-refractivity contribution in [3.8, 4) is 0 Å². The SMILES string of the molecule is CC(C)(I)C(=O)OCCOC(=O)c1ccc([S+](c2ccc(Br)cc2)c2ccc(Br)cc2)cc1. The lowest BCUT2D eigenvalue weighted by Gasteiger charge is -2.14. The quantitative estimate of drug-likeness (QED) is 0.0818. The Bertz CT molecular complexity index is 1050. The molecule has 33 heavy (non-hydrogen) atoms. The molecule has 0 aromatic heterocycles. The topological polar surface area (TPSA) is 52.6 Å². The van der Waals surface area contributed by atoms with E-state index < -0.39 is 9.39 Å². The number of carbonyl (C=O) groups is 2. The zero-order chi connectivity index (χ0) is 24.0. The zero-order valence-corrected chi connectivity index (χ0v) is 24.2. The van der Waals surface area contributed by atoms with Gasteiger partial charge in [-0.25, -0.2) is 4.79 Å². The number of hydrogen-bond donors (Lipinski definition) is 0. The first-order valence-electron chi connectivity index (χ1n) is 10.0. The van der Waals surface area contributed by atoms with Crippen molar-refractivity contribution in [3.05, 3.63) is 87.3 Å². The highest BCUT2D eigenvalue weighted by Gasteiger charge is 2.29. The van der Waals surface area contributed by atoms with E-state index in [1.54, 1.807) is 26.0 Å². The van der Waals surface area contributed by atoms with Gasteiger partial charge in [-0.05, 0) is 86.6 Å². The van der Waals surface area contributed by atoms with Crippen LogP contribution in [0.5, 0.6) is 0 Å². The molecule has 172 valence electrons. The van der Waals surface area contributed by atoms with E-state index >= 15 is 0 Å². The third kappa shape index (κ3) is 7.56. The predicted molar refractivity (Wildman–Crippen MR) is 146 cm³/mol. The highest BCUT2D eigenvalue weighted by atomic mass is 127. The van der Waals surface area contributed by atoms with Gasteiger partial charge in [-0.15, -0.1) is 0 Å². The van der Waals surface area contributed by atoms with Crippen molar-refractivity contribution in [2.24, 2.45) is 0 Å². The lowest BCUT2D eigenvalue weighted by molar-refractivity contribution is -0.146. The molecule has 0 saturated heterocycles. The lowest BCUT2D eigenvalue weighted by Crippen LogP contribution is -2.28. The smallest absolute Gasteiger partial charge is 0.338 e. The summed E-state index contributed by atoms with van der Waals surface area (Å²) in [5, 5.41) is 0. The van der Waals surface area contributed by atoms with Gasteiger partial charge in [0.15, 0.2) is 14.7 Å². The summed E-state index contributed by atoms with van der Waals surface area (Å²) < 4.78 is 11.8. The van der Waals surface area contributed by atoms with Gasteiger partial charge >= 0.3 is 11.9 Å². The normalized spacial score (nSPS) is 11.3. The molecular weight excluding hydrogens is 683 g/mol. The minimum Gasteiger partial charge on any atom is -0.461 e. The molecule has 0 atom stereocenters. The minimum absolute atomic E-state index is 0.0151. The first kappa shape index (κ1) is 26.2. The summed E-state index contributed by atoms with van der Waals surface area (Å²) in [5.41, 5.74) is 0.453. The van der Waals surface area contributed by atoms with Crippen LogP contribution in [-0.4, -0.2) is 28.6 Å². The maximum absolute atomic E-state index is 12.4. The summed E-state index contributed by atoms with van der Waals surface area (Å²) in [5.74, 6) is -0.782. The molecule has 0 heterocycles. The van der Waals surface area contributed by atoms with Crippen LogP contribution in [0.15, 0.2) is 96.4 Å². The Hall–Kier alpha value is -1.36. The number of hydrogen-bond acceptors (Lipinski definition) is 4. The van der Waals surface area contributed by atoms with Crippen LogP contribution in [0.25, 0.3) is 0 Å². The van der Waals surface area contributed by atoms with Crippen LogP contribution in [0, 0.1) is 0 Å². The van der Waals surface area contributed by atoms with Crippen molar-refractivity contribution in [2.45, 2.75) is 32.0 Å². The fraction of sp³-hybridized carbons (Fsp3) is 0.200. The van der Waals surface area contributed by atoms with Gasteiger partial charge in [-0.3, -0.25) is 4.79 Å². The Morgan fingerprint density at radius 1 is 0.758 bits per heavy atom. The highest BCUT2D eigenvalue weighted by molar-refractivity contribution is 14.1. The van der Waals surface area contributed by atoms with Gasteiger partial charge in [-0.2, -0.15) is 0 Å². The number of ether oxygens (including phenoxy) is 2. The number of halogens is 3. The van der Waals surface area contributed by atoms with Crippen LogP contribution >= 0.6 is 54.5 Å². The Labute approximate surface area is 227 Å². The molecule has 3 aromatic carbocycles. The fourth-order valence-electron chi connectivity index (χ4n) is 2.80. The van der Waals surface area contributed by atoms with Crippen LogP contribution in [-0.2, 0) is 25.2 Å². The third-order valence-electron chi connectivity index (χ3n) is 4.46. The van der Waals surface area contributed by atoms with Gasteiger partial charge in [0.1, 0.15) is 16.6 Å². The molecule has 0 N–H and O–H groups in total. The second-order valence-electron chi connectivity index (χ2n) is 7.48. The van der Waals surface area contributed by atoms with E-state index in [1.165, 1.54) is 9.79 Å². The minimum atomic E-state index is -0.613. The summed E-state index contributed by atoms with van der Waals surface area (Å²) >= 11 is 9.02. The number of benzene rings is 3. The van der Waals surface area contributed by atoms with Gasteiger partial charge in [0.05, 0.1) is 16.5 Å². The first-order valence-corrected chi connectivity index (χ1v) is 13.9. The van der Waals surface area contributed by atoms with E-state index in [9.17, 15) is 9.59 Å².